The van der Waals surface area contributed by atoms with E-state index in [0.29, 0.717) is 24.3 Å². The van der Waals surface area contributed by atoms with Crippen LogP contribution in [0.1, 0.15) is 28.8 Å². The Hall–Kier alpha value is -3.08. The maximum atomic E-state index is 12.4. The molecule has 1 saturated heterocycles. The second kappa shape index (κ2) is 7.21. The minimum atomic E-state index is -0.152. The van der Waals surface area contributed by atoms with Gasteiger partial charge in [-0.1, -0.05) is 24.3 Å². The Balaban J connectivity index is 1.78. The van der Waals surface area contributed by atoms with Gasteiger partial charge in [-0.15, -0.1) is 0 Å². The Morgan fingerprint density at radius 1 is 1.24 bits per heavy atom. The molecule has 1 aliphatic heterocycles. The zero-order chi connectivity index (χ0) is 17.8. The van der Waals surface area contributed by atoms with Crippen LogP contribution in [0.15, 0.2) is 48.5 Å². The number of phenols is 1. The molecule has 0 bridgehead atoms. The molecule has 3 rings (SSSR count). The highest BCUT2D eigenvalue weighted by Crippen LogP contribution is 2.27. The molecule has 128 valence electrons. The van der Waals surface area contributed by atoms with Crippen molar-refractivity contribution in [3.05, 3.63) is 59.7 Å². The summed E-state index contributed by atoms with van der Waals surface area (Å²) in [7, 11) is 1.47. The molecule has 1 fully saturated rings. The molecule has 0 spiro atoms. The van der Waals surface area contributed by atoms with Crippen LogP contribution in [0.25, 0.3) is 6.08 Å². The van der Waals surface area contributed by atoms with Gasteiger partial charge >= 0.3 is 0 Å². The molecule has 0 aromatic heterocycles. The normalized spacial score (nSPS) is 14.3. The van der Waals surface area contributed by atoms with Gasteiger partial charge in [-0.05, 0) is 42.3 Å². The smallest absolute Gasteiger partial charge is 0.227 e. The van der Waals surface area contributed by atoms with Crippen molar-refractivity contribution in [2.24, 2.45) is 0 Å². The van der Waals surface area contributed by atoms with Gasteiger partial charge in [0.05, 0.1) is 7.11 Å². The van der Waals surface area contributed by atoms with Gasteiger partial charge < -0.3 is 14.7 Å². The predicted molar refractivity (Wildman–Crippen MR) is 96.1 cm³/mol. The highest BCUT2D eigenvalue weighted by atomic mass is 16.5. The van der Waals surface area contributed by atoms with Crippen molar-refractivity contribution in [2.45, 2.75) is 12.8 Å². The van der Waals surface area contributed by atoms with Crippen molar-refractivity contribution < 1.29 is 19.4 Å². The summed E-state index contributed by atoms with van der Waals surface area (Å²) in [6, 6.07) is 12.0. The summed E-state index contributed by atoms with van der Waals surface area (Å²) in [6.07, 6.45) is 4.54. The summed E-state index contributed by atoms with van der Waals surface area (Å²) in [4.78, 5) is 26.0. The van der Waals surface area contributed by atoms with Crippen LogP contribution in [0.3, 0.4) is 0 Å². The average molecular weight is 337 g/mol. The van der Waals surface area contributed by atoms with E-state index >= 15 is 0 Å². The molecule has 1 aliphatic rings. The van der Waals surface area contributed by atoms with E-state index in [-0.39, 0.29) is 17.4 Å². The van der Waals surface area contributed by atoms with Crippen LogP contribution >= 0.6 is 0 Å². The van der Waals surface area contributed by atoms with E-state index in [4.69, 9.17) is 4.74 Å². The number of carbonyl (C=O) groups is 2. The van der Waals surface area contributed by atoms with Crippen molar-refractivity contribution in [1.29, 1.82) is 0 Å². The number of nitrogens with zero attached hydrogens (tertiary/aromatic N) is 1. The number of anilines is 1. The van der Waals surface area contributed by atoms with E-state index in [1.165, 1.54) is 19.3 Å². The summed E-state index contributed by atoms with van der Waals surface area (Å²) >= 11 is 0. The van der Waals surface area contributed by atoms with Crippen molar-refractivity contribution in [3.63, 3.8) is 0 Å². The molecule has 5 nitrogen and oxygen atoms in total. The number of carbonyl (C=O) groups excluding carboxylic acids is 2. The molecule has 1 heterocycles. The third-order valence-electron chi connectivity index (χ3n) is 4.15. The van der Waals surface area contributed by atoms with Crippen LogP contribution in [-0.2, 0) is 4.79 Å². The lowest BCUT2D eigenvalue weighted by atomic mass is 10.1. The van der Waals surface area contributed by atoms with E-state index in [0.717, 1.165) is 17.7 Å². The molecular formula is C20H19NO4. The summed E-state index contributed by atoms with van der Waals surface area (Å²) < 4.78 is 5.05. The van der Waals surface area contributed by atoms with E-state index in [1.54, 1.807) is 41.3 Å². The van der Waals surface area contributed by atoms with Gasteiger partial charge in [0.2, 0.25) is 5.91 Å². The third-order valence-corrected chi connectivity index (χ3v) is 4.15. The van der Waals surface area contributed by atoms with E-state index < -0.39 is 0 Å². The number of hydrogen-bond acceptors (Lipinski definition) is 4. The first-order chi connectivity index (χ1) is 12.1. The Kier molecular flexibility index (Phi) is 4.84. The van der Waals surface area contributed by atoms with E-state index in [1.807, 2.05) is 6.07 Å². The van der Waals surface area contributed by atoms with Crippen LogP contribution in [0.4, 0.5) is 5.69 Å². The largest absolute Gasteiger partial charge is 0.504 e. The second-order valence-electron chi connectivity index (χ2n) is 5.83. The number of benzene rings is 2. The van der Waals surface area contributed by atoms with Gasteiger partial charge in [0.1, 0.15) is 0 Å². The summed E-state index contributed by atoms with van der Waals surface area (Å²) in [5.74, 6) is 0.343. The Bertz CT molecular complexity index is 841. The minimum Gasteiger partial charge on any atom is -0.504 e. The second-order valence-corrected chi connectivity index (χ2v) is 5.83. The first kappa shape index (κ1) is 16.8. The number of methoxy groups -OCH3 is 1. The van der Waals surface area contributed by atoms with Gasteiger partial charge in [-0.3, -0.25) is 9.59 Å². The van der Waals surface area contributed by atoms with E-state index in [9.17, 15) is 14.7 Å². The number of hydrogen-bond donors (Lipinski definition) is 1. The fourth-order valence-corrected chi connectivity index (χ4v) is 2.81. The van der Waals surface area contributed by atoms with E-state index in [2.05, 4.69) is 0 Å². The molecular weight excluding hydrogens is 318 g/mol. The lowest BCUT2D eigenvalue weighted by Gasteiger charge is -2.16. The van der Waals surface area contributed by atoms with Crippen molar-refractivity contribution in [2.75, 3.05) is 18.6 Å². The SMILES string of the molecule is COc1cc(/C=C/C(=O)c2cccc(N3CCCC3=O)c2)ccc1O. The van der Waals surface area contributed by atoms with Crippen LogP contribution < -0.4 is 9.64 Å². The summed E-state index contributed by atoms with van der Waals surface area (Å²) in [6.45, 7) is 0.694. The summed E-state index contributed by atoms with van der Waals surface area (Å²) in [5, 5.41) is 9.60. The first-order valence-corrected chi connectivity index (χ1v) is 8.08. The Morgan fingerprint density at radius 2 is 2.08 bits per heavy atom. The molecule has 2 aromatic rings. The molecule has 25 heavy (non-hydrogen) atoms. The third kappa shape index (κ3) is 3.71. The van der Waals surface area contributed by atoms with Gasteiger partial charge in [0, 0.05) is 24.2 Å². The number of amides is 1. The lowest BCUT2D eigenvalue weighted by Crippen LogP contribution is -2.23. The fraction of sp³-hybridized carbons (Fsp3) is 0.200. The Labute approximate surface area is 146 Å². The Morgan fingerprint density at radius 3 is 2.80 bits per heavy atom. The number of rotatable bonds is 5. The predicted octanol–water partition coefficient (Wildman–Crippen LogP) is 3.42. The van der Waals surface area contributed by atoms with Gasteiger partial charge in [-0.2, -0.15) is 0 Å². The van der Waals surface area contributed by atoms with Crippen LogP contribution in [0.5, 0.6) is 11.5 Å². The highest BCUT2D eigenvalue weighted by molar-refractivity contribution is 6.08. The highest BCUT2D eigenvalue weighted by Gasteiger charge is 2.22. The van der Waals surface area contributed by atoms with Crippen LogP contribution in [0.2, 0.25) is 0 Å². The number of phenolic OH excluding ortho intramolecular Hbond substituents is 1. The number of ether oxygens (including phenoxy) is 1. The van der Waals surface area contributed by atoms with Crippen molar-refractivity contribution in [3.8, 4) is 11.5 Å². The maximum absolute atomic E-state index is 12.4. The van der Waals surface area contributed by atoms with Gasteiger partial charge in [-0.25, -0.2) is 0 Å². The molecule has 1 amide bonds. The molecule has 5 heteroatoms. The number of allylic oxidation sites excluding steroid dienone is 1. The summed E-state index contributed by atoms with van der Waals surface area (Å²) in [5.41, 5.74) is 2.03. The fourth-order valence-electron chi connectivity index (χ4n) is 2.81. The van der Waals surface area contributed by atoms with Crippen molar-refractivity contribution in [1.82, 2.24) is 0 Å². The molecule has 0 atom stereocenters. The van der Waals surface area contributed by atoms with Crippen LogP contribution in [0, 0.1) is 0 Å². The standard InChI is InChI=1S/C20H19NO4/c1-25-19-12-14(8-10-18(19)23)7-9-17(22)15-4-2-5-16(13-15)21-11-3-6-20(21)24/h2,4-5,7-10,12-13,23H,3,6,11H2,1H3/b9-7+. The topological polar surface area (TPSA) is 66.8 Å². The molecule has 2 aromatic carbocycles. The molecule has 1 N–H and O–H groups in total. The van der Waals surface area contributed by atoms with Crippen LogP contribution in [-0.4, -0.2) is 30.5 Å². The first-order valence-electron chi connectivity index (χ1n) is 8.08. The number of aromatic hydroxyl groups is 1. The monoisotopic (exact) mass is 337 g/mol. The number of ketones is 1. The van der Waals surface area contributed by atoms with Gasteiger partial charge in [0.15, 0.2) is 17.3 Å². The quantitative estimate of drug-likeness (QED) is 0.670. The molecule has 0 unspecified atom stereocenters. The average Bonchev–Trinajstić information content (AvgIpc) is 3.07. The molecule has 0 saturated carbocycles. The lowest BCUT2D eigenvalue weighted by molar-refractivity contribution is -0.117. The zero-order valence-electron chi connectivity index (χ0n) is 13.9. The molecule has 0 aliphatic carbocycles. The molecule has 0 radical (unpaired) electrons. The zero-order valence-corrected chi connectivity index (χ0v) is 13.9. The maximum Gasteiger partial charge on any atom is 0.227 e. The van der Waals surface area contributed by atoms with Gasteiger partial charge in [0.25, 0.3) is 0 Å². The minimum absolute atomic E-state index is 0.0500. The van der Waals surface area contributed by atoms with Crippen molar-refractivity contribution >= 4 is 23.5 Å².